The van der Waals surface area contributed by atoms with Crippen molar-refractivity contribution >= 4 is 41.6 Å². The van der Waals surface area contributed by atoms with E-state index >= 15 is 0 Å². The topological polar surface area (TPSA) is 46.2 Å². The molecule has 0 unspecified atom stereocenters. The Labute approximate surface area is 455 Å². The SMILES string of the molecule is C=C1/C(=C\C=C2/CCC[C@@]3(C)[C@@H]2CC[C@@H]3[C@@H](CCCC(C)(C)O[Si](CC)(CC)CC)CC[C@@H](O[Si](CC)(CC)CC)C(C)(C)O[Si](CC)(CC)CC)C[C@@H](O[Si](C)(C)C(C)(C)C)C[C@@H]1O[Si](C)(C)C(C)(C)C. The minimum atomic E-state index is -2.05. The van der Waals surface area contributed by atoms with Crippen molar-refractivity contribution in [2.45, 2.75) is 336 Å². The molecule has 0 aromatic heterocycles. The van der Waals surface area contributed by atoms with Crippen LogP contribution < -0.4 is 0 Å². The van der Waals surface area contributed by atoms with Gasteiger partial charge in [-0.2, -0.15) is 0 Å². The minimum absolute atomic E-state index is 0.0000253. The van der Waals surface area contributed by atoms with E-state index in [-0.39, 0.29) is 45.0 Å². The van der Waals surface area contributed by atoms with Crippen LogP contribution in [-0.2, 0) is 22.1 Å². The molecule has 422 valence electrons. The molecule has 3 saturated carbocycles. The fraction of sp³-hybridized carbons (Fsp3) is 0.903. The summed E-state index contributed by atoms with van der Waals surface area (Å²) in [6.07, 6.45) is 19.6. The Bertz CT molecular complexity index is 1720. The van der Waals surface area contributed by atoms with Crippen molar-refractivity contribution in [3.8, 4) is 0 Å². The minimum Gasteiger partial charge on any atom is -0.413 e. The Hall–Kier alpha value is 0.104. The summed E-state index contributed by atoms with van der Waals surface area (Å²) < 4.78 is 37.1. The fourth-order valence-electron chi connectivity index (χ4n) is 13.6. The zero-order chi connectivity index (χ0) is 55.0. The normalized spacial score (nSPS) is 25.6. The van der Waals surface area contributed by atoms with Gasteiger partial charge in [-0.25, -0.2) is 0 Å². The van der Waals surface area contributed by atoms with E-state index in [1.165, 1.54) is 117 Å². The molecular formula is C62H124O5Si5. The summed E-state index contributed by atoms with van der Waals surface area (Å²) in [7, 11) is -9.60. The number of allylic oxidation sites excluding steroid dienone is 3. The molecular weight excluding hydrogens is 965 g/mol. The smallest absolute Gasteiger partial charge is 0.192 e. The van der Waals surface area contributed by atoms with Crippen molar-refractivity contribution in [2.24, 2.45) is 23.2 Å². The van der Waals surface area contributed by atoms with Gasteiger partial charge in [-0.1, -0.05) is 148 Å². The molecule has 7 atom stereocenters. The maximum atomic E-state index is 7.73. The molecule has 3 rings (SSSR count). The zero-order valence-electron chi connectivity index (χ0n) is 52.7. The lowest BCUT2D eigenvalue weighted by Crippen LogP contribution is -2.54. The zero-order valence-corrected chi connectivity index (χ0v) is 57.7. The van der Waals surface area contributed by atoms with Crippen molar-refractivity contribution in [3.63, 3.8) is 0 Å². The molecule has 3 aliphatic carbocycles. The van der Waals surface area contributed by atoms with Crippen molar-refractivity contribution < 1.29 is 22.1 Å². The lowest BCUT2D eigenvalue weighted by atomic mass is 9.60. The number of hydrogen-bond acceptors (Lipinski definition) is 5. The molecule has 0 N–H and O–H groups in total. The van der Waals surface area contributed by atoms with Crippen LogP contribution in [0.25, 0.3) is 0 Å². The van der Waals surface area contributed by atoms with Crippen LogP contribution in [0.15, 0.2) is 35.5 Å². The fourth-order valence-corrected chi connectivity index (χ4v) is 25.6. The van der Waals surface area contributed by atoms with E-state index < -0.39 is 41.6 Å². The summed E-state index contributed by atoms with van der Waals surface area (Å²) in [4.78, 5) is 0. The average Bonchev–Trinajstić information content (AvgIpc) is 3.66. The van der Waals surface area contributed by atoms with Gasteiger partial charge in [0.2, 0.25) is 0 Å². The molecule has 0 amide bonds. The first-order valence-electron chi connectivity index (χ1n) is 30.7. The standard InChI is InChI=1S/C62H124O5Si5/c1-26-70(27-2,28-3)65-57(61(19,20)67-72(32-7,33-8)34-9)44-41-51(37-35-45-60(17,18)66-71(29-4,30-5)31-6)55-43-42-54-50(38-36-46-62(54,55)21)39-40-52-47-53(63-68(22,23)58(11,12)13)48-56(49(52)10)64-69(24,25)59(14,15)16/h39-40,51,53-57H,10,26-38,41-48H2,1-9,11-25H3/b50-39+,52-40-/t51-,53+,54+,55+,56-,57+,62-/m0/s1. The average molecular weight is 1090 g/mol. The first-order valence-corrected chi connectivity index (χ1v) is 44.1. The second kappa shape index (κ2) is 26.4. The predicted octanol–water partition coefficient (Wildman–Crippen LogP) is 20.7. The molecule has 3 aliphatic rings. The highest BCUT2D eigenvalue weighted by atomic mass is 28.4. The van der Waals surface area contributed by atoms with Crippen LogP contribution in [0.3, 0.4) is 0 Å². The van der Waals surface area contributed by atoms with Crippen LogP contribution in [0.4, 0.5) is 0 Å². The second-order valence-electron chi connectivity index (χ2n) is 28.5. The van der Waals surface area contributed by atoms with Gasteiger partial charge in [-0.3, -0.25) is 0 Å². The van der Waals surface area contributed by atoms with Crippen LogP contribution in [0, 0.1) is 23.2 Å². The highest BCUT2D eigenvalue weighted by molar-refractivity contribution is 6.75. The van der Waals surface area contributed by atoms with Crippen molar-refractivity contribution in [1.82, 2.24) is 0 Å². The molecule has 10 heteroatoms. The molecule has 5 nitrogen and oxygen atoms in total. The highest BCUT2D eigenvalue weighted by Gasteiger charge is 2.53. The predicted molar refractivity (Wildman–Crippen MR) is 330 cm³/mol. The molecule has 0 aromatic carbocycles. The Balaban J connectivity index is 2.11. The largest absolute Gasteiger partial charge is 0.413 e. The summed E-state index contributed by atoms with van der Waals surface area (Å²) in [5, 5.41) is 0.282. The van der Waals surface area contributed by atoms with Crippen LogP contribution in [0.2, 0.25) is 90.7 Å². The van der Waals surface area contributed by atoms with Gasteiger partial charge in [-0.05, 0) is 210 Å². The van der Waals surface area contributed by atoms with E-state index in [1.54, 1.807) is 5.57 Å². The number of hydrogen-bond donors (Lipinski definition) is 0. The number of rotatable bonds is 29. The van der Waals surface area contributed by atoms with Gasteiger partial charge in [0, 0.05) is 6.42 Å². The summed E-state index contributed by atoms with van der Waals surface area (Å²) in [5.74, 6) is 1.96. The van der Waals surface area contributed by atoms with Gasteiger partial charge < -0.3 is 22.1 Å². The molecule has 0 aliphatic heterocycles. The van der Waals surface area contributed by atoms with E-state index in [9.17, 15) is 0 Å². The lowest BCUT2D eigenvalue weighted by molar-refractivity contribution is -0.0376. The van der Waals surface area contributed by atoms with Crippen molar-refractivity contribution in [2.75, 3.05) is 0 Å². The van der Waals surface area contributed by atoms with E-state index in [1.807, 2.05) is 0 Å². The summed E-state index contributed by atoms with van der Waals surface area (Å²) >= 11 is 0. The Morgan fingerprint density at radius 3 is 1.64 bits per heavy atom. The third kappa shape index (κ3) is 16.3. The lowest BCUT2D eigenvalue weighted by Gasteiger charge is -2.48. The Morgan fingerprint density at radius 1 is 0.639 bits per heavy atom. The van der Waals surface area contributed by atoms with E-state index in [4.69, 9.17) is 28.7 Å². The Morgan fingerprint density at radius 2 is 1.14 bits per heavy atom. The molecule has 0 heterocycles. The molecule has 0 radical (unpaired) electrons. The molecule has 3 fully saturated rings. The van der Waals surface area contributed by atoms with Crippen molar-refractivity contribution in [3.05, 3.63) is 35.5 Å². The van der Waals surface area contributed by atoms with Crippen molar-refractivity contribution in [1.29, 1.82) is 0 Å². The second-order valence-corrected chi connectivity index (χ2v) is 52.1. The quantitative estimate of drug-likeness (QED) is 0.0699. The Kier molecular flexibility index (Phi) is 24.3. The van der Waals surface area contributed by atoms with Gasteiger partial charge in [0.15, 0.2) is 41.6 Å². The van der Waals surface area contributed by atoms with Gasteiger partial charge >= 0.3 is 0 Å². The first kappa shape index (κ1) is 66.4. The van der Waals surface area contributed by atoms with Gasteiger partial charge in [0.05, 0.1) is 29.5 Å². The van der Waals surface area contributed by atoms with E-state index in [2.05, 4.69) is 177 Å². The molecule has 72 heavy (non-hydrogen) atoms. The van der Waals surface area contributed by atoms with Crippen LogP contribution in [0.1, 0.15) is 216 Å². The van der Waals surface area contributed by atoms with Gasteiger partial charge in [0.1, 0.15) is 0 Å². The first-order chi connectivity index (χ1) is 33.1. The van der Waals surface area contributed by atoms with Crippen LogP contribution in [-0.4, -0.2) is 71.1 Å². The molecule has 0 aromatic rings. The third-order valence-electron chi connectivity index (χ3n) is 21.4. The van der Waals surface area contributed by atoms with E-state index in [0.29, 0.717) is 17.8 Å². The summed E-state index contributed by atoms with van der Waals surface area (Å²) in [6.45, 7) is 62.6. The maximum absolute atomic E-state index is 7.73. The highest BCUT2D eigenvalue weighted by Crippen LogP contribution is 2.61. The molecule has 0 saturated heterocycles. The number of fused-ring (bicyclic) bond motifs is 1. The van der Waals surface area contributed by atoms with Crippen LogP contribution >= 0.6 is 0 Å². The van der Waals surface area contributed by atoms with Crippen LogP contribution in [0.5, 0.6) is 0 Å². The molecule has 0 spiro atoms. The van der Waals surface area contributed by atoms with Gasteiger partial charge in [0.25, 0.3) is 0 Å². The summed E-state index contributed by atoms with van der Waals surface area (Å²) in [6, 6.07) is 10.7. The maximum Gasteiger partial charge on any atom is 0.192 e. The molecule has 0 bridgehead atoms. The monoisotopic (exact) mass is 1090 g/mol. The van der Waals surface area contributed by atoms with Gasteiger partial charge in [-0.15, -0.1) is 0 Å². The summed E-state index contributed by atoms with van der Waals surface area (Å²) in [5.41, 5.74) is 4.12. The third-order valence-corrected chi connectivity index (χ3v) is 44.8. The van der Waals surface area contributed by atoms with E-state index in [0.717, 1.165) is 25.7 Å².